The predicted octanol–water partition coefficient (Wildman–Crippen LogP) is 3.52. The molecule has 0 saturated carbocycles. The Bertz CT molecular complexity index is 525. The number of aliphatic hydroxyl groups is 1. The van der Waals surface area contributed by atoms with Gasteiger partial charge in [0.15, 0.2) is 0 Å². The maximum absolute atomic E-state index is 11.1. The molecule has 4 nitrogen and oxygen atoms in total. The molecule has 0 amide bonds. The third-order valence-electron chi connectivity index (χ3n) is 4.48. The van der Waals surface area contributed by atoms with Crippen LogP contribution in [0.25, 0.3) is 0 Å². The molecule has 1 saturated heterocycles. The molecule has 1 N–H and O–H groups in total. The van der Waals surface area contributed by atoms with Crippen molar-refractivity contribution in [2.75, 3.05) is 18.6 Å². The van der Waals surface area contributed by atoms with Crippen LogP contribution < -0.4 is 9.64 Å². The summed E-state index contributed by atoms with van der Waals surface area (Å²) in [5.74, 6) is -0.521. The summed E-state index contributed by atoms with van der Waals surface area (Å²) in [5, 5.41) is 11.1. The van der Waals surface area contributed by atoms with Crippen molar-refractivity contribution in [3.05, 3.63) is 36.0 Å². The first-order valence-corrected chi connectivity index (χ1v) is 7.45. The number of nitrogens with zero attached hydrogens (tertiary/aromatic N) is 1. The van der Waals surface area contributed by atoms with Crippen LogP contribution in [0.1, 0.15) is 34.1 Å². The molecule has 1 aromatic rings. The normalized spacial score (nSPS) is 30.4. The van der Waals surface area contributed by atoms with Crippen LogP contribution in [0.2, 0.25) is 0 Å². The van der Waals surface area contributed by atoms with E-state index in [1.807, 2.05) is 56.0 Å². The fourth-order valence-electron chi connectivity index (χ4n) is 3.10. The molecule has 2 unspecified atom stereocenters. The van der Waals surface area contributed by atoms with Gasteiger partial charge < -0.3 is 14.6 Å². The van der Waals surface area contributed by atoms with Gasteiger partial charge in [0.25, 0.3) is 5.91 Å². The average Bonchev–Trinajstić information content (AvgIpc) is 2.51. The van der Waals surface area contributed by atoms with Crippen LogP contribution in [0.5, 0.6) is 5.75 Å². The molecule has 2 rings (SSSR count). The molecule has 1 aliphatic heterocycles. The monoisotopic (exact) mass is 291 g/mol. The van der Waals surface area contributed by atoms with Crippen LogP contribution in [-0.2, 0) is 4.74 Å². The summed E-state index contributed by atoms with van der Waals surface area (Å²) in [7, 11) is 1.64. The second-order valence-electron chi connectivity index (χ2n) is 5.43. The number of rotatable bonds is 5. The third-order valence-corrected chi connectivity index (χ3v) is 4.48. The molecule has 21 heavy (non-hydrogen) atoms. The molecule has 1 aromatic carbocycles. The number of ether oxygens (including phenoxy) is 2. The number of hydrogen-bond acceptors (Lipinski definition) is 4. The maximum atomic E-state index is 11.1. The number of hydrogen-bond donors (Lipinski definition) is 1. The summed E-state index contributed by atoms with van der Waals surface area (Å²) < 4.78 is 10.9. The van der Waals surface area contributed by atoms with Crippen molar-refractivity contribution < 1.29 is 14.6 Å². The molecular formula is C17H25NO3. The average molecular weight is 291 g/mol. The van der Waals surface area contributed by atoms with E-state index in [1.54, 1.807) is 7.11 Å². The lowest BCUT2D eigenvalue weighted by atomic mass is 9.70. The minimum absolute atomic E-state index is 0.405. The van der Waals surface area contributed by atoms with Crippen molar-refractivity contribution in [2.24, 2.45) is 5.41 Å². The molecule has 1 fully saturated rings. The van der Waals surface area contributed by atoms with E-state index in [4.69, 9.17) is 9.47 Å². The van der Waals surface area contributed by atoms with Gasteiger partial charge in [-0.2, -0.15) is 0 Å². The Labute approximate surface area is 127 Å². The molecule has 1 heterocycles. The van der Waals surface area contributed by atoms with E-state index in [0.717, 1.165) is 23.6 Å². The number of allylic oxidation sites excluding steroid dienone is 1. The summed E-state index contributed by atoms with van der Waals surface area (Å²) in [4.78, 5) is 1.86. The molecular weight excluding hydrogens is 266 g/mol. The van der Waals surface area contributed by atoms with Crippen LogP contribution >= 0.6 is 0 Å². The lowest BCUT2D eigenvalue weighted by Gasteiger charge is -2.63. The van der Waals surface area contributed by atoms with Crippen LogP contribution in [0.15, 0.2) is 36.0 Å². The highest BCUT2D eigenvalue weighted by Gasteiger charge is 2.65. The first-order valence-electron chi connectivity index (χ1n) is 7.45. The molecule has 2 atom stereocenters. The van der Waals surface area contributed by atoms with Crippen LogP contribution in [0.3, 0.4) is 0 Å². The second-order valence-corrected chi connectivity index (χ2v) is 5.43. The van der Waals surface area contributed by atoms with Gasteiger partial charge in [0.1, 0.15) is 5.75 Å². The summed E-state index contributed by atoms with van der Waals surface area (Å²) in [6.45, 7) is 8.45. The molecule has 0 aliphatic carbocycles. The van der Waals surface area contributed by atoms with Gasteiger partial charge in [-0.05, 0) is 51.5 Å². The SMILES string of the molecule is C/C=C1\N(c2ccc(OC)cc2)C(O)(OCC)C1(C)CC. The molecule has 0 bridgehead atoms. The van der Waals surface area contributed by atoms with Gasteiger partial charge in [-0.1, -0.05) is 13.0 Å². The Balaban J connectivity index is 2.44. The van der Waals surface area contributed by atoms with Gasteiger partial charge in [0, 0.05) is 18.0 Å². The van der Waals surface area contributed by atoms with Gasteiger partial charge in [-0.25, -0.2) is 0 Å². The van der Waals surface area contributed by atoms with Gasteiger partial charge in [-0.3, -0.25) is 4.90 Å². The highest BCUT2D eigenvalue weighted by molar-refractivity contribution is 5.63. The Hall–Kier alpha value is -1.52. The summed E-state index contributed by atoms with van der Waals surface area (Å²) in [6, 6.07) is 7.64. The fourth-order valence-corrected chi connectivity index (χ4v) is 3.10. The van der Waals surface area contributed by atoms with Crippen molar-refractivity contribution >= 4 is 5.69 Å². The highest BCUT2D eigenvalue weighted by atomic mass is 16.7. The zero-order valence-corrected chi connectivity index (χ0v) is 13.5. The molecule has 0 radical (unpaired) electrons. The first-order chi connectivity index (χ1) is 9.98. The van der Waals surface area contributed by atoms with E-state index in [2.05, 4.69) is 6.92 Å². The molecule has 4 heteroatoms. The highest BCUT2D eigenvalue weighted by Crippen LogP contribution is 2.58. The van der Waals surface area contributed by atoms with Crippen LogP contribution in [0.4, 0.5) is 5.69 Å². The van der Waals surface area contributed by atoms with Crippen molar-refractivity contribution in [3.8, 4) is 5.75 Å². The minimum Gasteiger partial charge on any atom is -0.497 e. The van der Waals surface area contributed by atoms with E-state index < -0.39 is 11.3 Å². The van der Waals surface area contributed by atoms with E-state index in [9.17, 15) is 5.11 Å². The third kappa shape index (κ3) is 2.14. The lowest BCUT2D eigenvalue weighted by Crippen LogP contribution is -2.73. The van der Waals surface area contributed by atoms with Gasteiger partial charge in [0.2, 0.25) is 0 Å². The predicted molar refractivity (Wildman–Crippen MR) is 84.2 cm³/mol. The Morgan fingerprint density at radius 1 is 1.24 bits per heavy atom. The lowest BCUT2D eigenvalue weighted by molar-refractivity contribution is -0.289. The van der Waals surface area contributed by atoms with Crippen molar-refractivity contribution in [2.45, 2.75) is 40.0 Å². The van der Waals surface area contributed by atoms with Gasteiger partial charge in [0.05, 0.1) is 12.5 Å². The van der Waals surface area contributed by atoms with E-state index in [-0.39, 0.29) is 0 Å². The Morgan fingerprint density at radius 3 is 2.29 bits per heavy atom. The van der Waals surface area contributed by atoms with E-state index in [1.165, 1.54) is 0 Å². The van der Waals surface area contributed by atoms with Crippen molar-refractivity contribution in [1.82, 2.24) is 0 Å². The fraction of sp³-hybridized carbons (Fsp3) is 0.529. The topological polar surface area (TPSA) is 41.9 Å². The number of benzene rings is 1. The zero-order chi connectivity index (χ0) is 15.7. The summed E-state index contributed by atoms with van der Waals surface area (Å²) in [6.07, 6.45) is 2.84. The summed E-state index contributed by atoms with van der Waals surface area (Å²) >= 11 is 0. The van der Waals surface area contributed by atoms with E-state index >= 15 is 0 Å². The number of methoxy groups -OCH3 is 1. The molecule has 0 aromatic heterocycles. The van der Waals surface area contributed by atoms with Crippen LogP contribution in [-0.4, -0.2) is 24.7 Å². The van der Waals surface area contributed by atoms with Gasteiger partial charge >= 0.3 is 0 Å². The second kappa shape index (κ2) is 5.70. The Morgan fingerprint density at radius 2 is 1.86 bits per heavy atom. The largest absolute Gasteiger partial charge is 0.497 e. The quantitative estimate of drug-likeness (QED) is 0.843. The van der Waals surface area contributed by atoms with Gasteiger partial charge in [-0.15, -0.1) is 0 Å². The molecule has 1 aliphatic rings. The van der Waals surface area contributed by atoms with Crippen molar-refractivity contribution in [1.29, 1.82) is 0 Å². The molecule has 116 valence electrons. The van der Waals surface area contributed by atoms with E-state index in [0.29, 0.717) is 6.61 Å². The Kier molecular flexibility index (Phi) is 4.30. The smallest absolute Gasteiger partial charge is 0.264 e. The minimum atomic E-state index is -1.31. The van der Waals surface area contributed by atoms with Crippen molar-refractivity contribution in [3.63, 3.8) is 0 Å². The molecule has 0 spiro atoms. The standard InChI is InChI=1S/C17H25NO3/c1-6-15-16(4,7-2)17(19,21-8-3)18(15)13-9-11-14(20-5)12-10-13/h6,9-12,19H,7-8H2,1-5H3/b15-6-. The summed E-state index contributed by atoms with van der Waals surface area (Å²) in [5.41, 5.74) is 1.56. The maximum Gasteiger partial charge on any atom is 0.264 e. The zero-order valence-electron chi connectivity index (χ0n) is 13.5. The van der Waals surface area contributed by atoms with Crippen LogP contribution in [0, 0.1) is 5.41 Å². The first kappa shape index (κ1) is 15.9. The number of anilines is 1.